The molecule has 0 saturated heterocycles. The first kappa shape index (κ1) is 13.5. The average molecular weight is 259 g/mol. The number of hydrogen-bond donors (Lipinski definition) is 2. The van der Waals surface area contributed by atoms with Crippen LogP contribution < -0.4 is 10.5 Å². The number of benzene rings is 1. The lowest BCUT2D eigenvalue weighted by molar-refractivity contribution is 0.414. The number of nitrogen functional groups attached to an aromatic ring is 1. The molecule has 0 amide bonds. The number of aryl methyl sites for hydroxylation is 2. The first-order valence-corrected chi connectivity index (χ1v) is 6.69. The van der Waals surface area contributed by atoms with Gasteiger partial charge >= 0.3 is 0 Å². The zero-order valence-corrected chi connectivity index (χ0v) is 11.6. The Balaban J connectivity index is 2.01. The average Bonchev–Trinajstić information content (AvgIpc) is 2.79. The smallest absolute Gasteiger partial charge is 0.148 e. The van der Waals surface area contributed by atoms with E-state index in [0.29, 0.717) is 5.82 Å². The molecule has 0 radical (unpaired) electrons. The minimum Gasteiger partial charge on any atom is -0.497 e. The number of nitrogens with one attached hydrogen (secondary N) is 1. The molecule has 0 aliphatic carbocycles. The van der Waals surface area contributed by atoms with Crippen molar-refractivity contribution in [2.45, 2.75) is 32.6 Å². The topological polar surface area (TPSA) is 63.9 Å². The molecule has 0 bridgehead atoms. The Morgan fingerprint density at radius 2 is 1.89 bits per heavy atom. The highest BCUT2D eigenvalue weighted by Crippen LogP contribution is 2.18. The van der Waals surface area contributed by atoms with E-state index in [-0.39, 0.29) is 0 Å². The number of nitrogens with two attached hydrogens (primary N) is 1. The number of methoxy groups -OCH3 is 1. The van der Waals surface area contributed by atoms with Gasteiger partial charge < -0.3 is 10.5 Å². The van der Waals surface area contributed by atoms with Gasteiger partial charge in [-0.15, -0.1) is 0 Å². The molecule has 4 heteroatoms. The number of ether oxygens (including phenoxy) is 1. The van der Waals surface area contributed by atoms with Gasteiger partial charge in [0, 0.05) is 11.3 Å². The molecule has 0 aliphatic rings. The minimum absolute atomic E-state index is 0.645. The summed E-state index contributed by atoms with van der Waals surface area (Å²) in [7, 11) is 1.68. The van der Waals surface area contributed by atoms with Crippen LogP contribution in [0.1, 0.15) is 30.2 Å². The molecule has 0 aliphatic heterocycles. The third kappa shape index (κ3) is 3.28. The van der Waals surface area contributed by atoms with Crippen molar-refractivity contribution in [2.75, 3.05) is 12.8 Å². The summed E-state index contributed by atoms with van der Waals surface area (Å²) >= 11 is 0. The van der Waals surface area contributed by atoms with Gasteiger partial charge in [-0.25, -0.2) is 0 Å². The van der Waals surface area contributed by atoms with Crippen LogP contribution in [-0.4, -0.2) is 17.3 Å². The van der Waals surface area contributed by atoms with Crippen molar-refractivity contribution in [1.29, 1.82) is 0 Å². The minimum atomic E-state index is 0.645. The van der Waals surface area contributed by atoms with Crippen LogP contribution in [0.5, 0.6) is 5.75 Å². The highest BCUT2D eigenvalue weighted by atomic mass is 16.5. The molecular weight excluding hydrogens is 238 g/mol. The normalized spacial score (nSPS) is 10.6. The van der Waals surface area contributed by atoms with E-state index in [1.165, 1.54) is 11.1 Å². The molecule has 2 rings (SSSR count). The SMILES string of the molecule is CCCc1c(N)n[nH]c1CCc1ccc(OC)cc1. The molecule has 4 nitrogen and oxygen atoms in total. The maximum absolute atomic E-state index is 5.88. The van der Waals surface area contributed by atoms with Gasteiger partial charge in [-0.3, -0.25) is 5.10 Å². The Bertz CT molecular complexity index is 517. The van der Waals surface area contributed by atoms with E-state index in [1.807, 2.05) is 12.1 Å². The largest absolute Gasteiger partial charge is 0.497 e. The predicted molar refractivity (Wildman–Crippen MR) is 77.4 cm³/mol. The Hall–Kier alpha value is -1.97. The third-order valence-electron chi connectivity index (χ3n) is 3.31. The summed E-state index contributed by atoms with van der Waals surface area (Å²) in [5, 5.41) is 7.16. The summed E-state index contributed by atoms with van der Waals surface area (Å²) in [4.78, 5) is 0. The van der Waals surface area contributed by atoms with Gasteiger partial charge in [0.1, 0.15) is 11.6 Å². The molecule has 1 heterocycles. The second kappa shape index (κ2) is 6.27. The second-order valence-corrected chi connectivity index (χ2v) is 4.66. The van der Waals surface area contributed by atoms with E-state index in [2.05, 4.69) is 29.3 Å². The molecule has 2 aromatic rings. The van der Waals surface area contributed by atoms with Gasteiger partial charge in [0.25, 0.3) is 0 Å². The molecule has 19 heavy (non-hydrogen) atoms. The number of aromatic amines is 1. The van der Waals surface area contributed by atoms with Gasteiger partial charge in [-0.1, -0.05) is 25.5 Å². The zero-order valence-electron chi connectivity index (χ0n) is 11.6. The van der Waals surface area contributed by atoms with Gasteiger partial charge in [-0.05, 0) is 37.0 Å². The fourth-order valence-electron chi connectivity index (χ4n) is 2.21. The maximum atomic E-state index is 5.88. The van der Waals surface area contributed by atoms with Gasteiger partial charge in [0.15, 0.2) is 0 Å². The summed E-state index contributed by atoms with van der Waals surface area (Å²) in [5.74, 6) is 1.53. The summed E-state index contributed by atoms with van der Waals surface area (Å²) in [5.41, 5.74) is 9.50. The van der Waals surface area contributed by atoms with E-state index in [4.69, 9.17) is 10.5 Å². The van der Waals surface area contributed by atoms with Crippen molar-refractivity contribution < 1.29 is 4.74 Å². The summed E-state index contributed by atoms with van der Waals surface area (Å²) < 4.78 is 5.15. The molecular formula is C15H21N3O. The molecule has 102 valence electrons. The highest BCUT2D eigenvalue weighted by molar-refractivity contribution is 5.42. The van der Waals surface area contributed by atoms with E-state index in [1.54, 1.807) is 7.11 Å². The van der Waals surface area contributed by atoms with Crippen LogP contribution in [0.15, 0.2) is 24.3 Å². The highest BCUT2D eigenvalue weighted by Gasteiger charge is 2.09. The van der Waals surface area contributed by atoms with Crippen LogP contribution >= 0.6 is 0 Å². The number of aromatic nitrogens is 2. The fraction of sp³-hybridized carbons (Fsp3) is 0.400. The van der Waals surface area contributed by atoms with Crippen LogP contribution in [0.3, 0.4) is 0 Å². The summed E-state index contributed by atoms with van der Waals surface area (Å²) in [6.45, 7) is 2.15. The van der Waals surface area contributed by atoms with E-state index >= 15 is 0 Å². The second-order valence-electron chi connectivity index (χ2n) is 4.66. The molecule has 0 saturated carbocycles. The maximum Gasteiger partial charge on any atom is 0.148 e. The molecule has 0 atom stereocenters. The van der Waals surface area contributed by atoms with Crippen molar-refractivity contribution in [2.24, 2.45) is 0 Å². The third-order valence-corrected chi connectivity index (χ3v) is 3.31. The van der Waals surface area contributed by atoms with Crippen molar-refractivity contribution in [1.82, 2.24) is 10.2 Å². The zero-order chi connectivity index (χ0) is 13.7. The lowest BCUT2D eigenvalue weighted by Crippen LogP contribution is -1.98. The number of hydrogen-bond acceptors (Lipinski definition) is 3. The molecule has 1 aromatic heterocycles. The monoisotopic (exact) mass is 259 g/mol. The number of anilines is 1. The number of H-pyrrole nitrogens is 1. The van der Waals surface area contributed by atoms with Crippen molar-refractivity contribution >= 4 is 5.82 Å². The first-order chi connectivity index (χ1) is 9.24. The van der Waals surface area contributed by atoms with Crippen molar-refractivity contribution in [3.8, 4) is 5.75 Å². The Kier molecular flexibility index (Phi) is 4.44. The Labute approximate surface area is 114 Å². The van der Waals surface area contributed by atoms with E-state index in [9.17, 15) is 0 Å². The van der Waals surface area contributed by atoms with Crippen molar-refractivity contribution in [3.05, 3.63) is 41.1 Å². The molecule has 3 N–H and O–H groups in total. The Morgan fingerprint density at radius 3 is 2.53 bits per heavy atom. The predicted octanol–water partition coefficient (Wildman–Crippen LogP) is 2.74. The van der Waals surface area contributed by atoms with Crippen LogP contribution in [0, 0.1) is 0 Å². The molecule has 0 fully saturated rings. The molecule has 1 aromatic carbocycles. The molecule has 0 unspecified atom stereocenters. The van der Waals surface area contributed by atoms with E-state index < -0.39 is 0 Å². The Morgan fingerprint density at radius 1 is 1.16 bits per heavy atom. The lowest BCUT2D eigenvalue weighted by atomic mass is 10.0. The quantitative estimate of drug-likeness (QED) is 0.838. The van der Waals surface area contributed by atoms with Crippen LogP contribution in [-0.2, 0) is 19.3 Å². The van der Waals surface area contributed by atoms with Crippen LogP contribution in [0.2, 0.25) is 0 Å². The standard InChI is InChI=1S/C15H21N3O/c1-3-4-13-14(17-18-15(13)16)10-7-11-5-8-12(19-2)9-6-11/h5-6,8-9H,3-4,7,10H2,1-2H3,(H3,16,17,18). The van der Waals surface area contributed by atoms with E-state index in [0.717, 1.165) is 37.1 Å². The number of nitrogens with zero attached hydrogens (tertiary/aromatic N) is 1. The van der Waals surface area contributed by atoms with Crippen LogP contribution in [0.25, 0.3) is 0 Å². The van der Waals surface area contributed by atoms with Crippen LogP contribution in [0.4, 0.5) is 5.82 Å². The van der Waals surface area contributed by atoms with Gasteiger partial charge in [0.05, 0.1) is 7.11 Å². The van der Waals surface area contributed by atoms with Gasteiger partial charge in [-0.2, -0.15) is 5.10 Å². The lowest BCUT2D eigenvalue weighted by Gasteiger charge is -2.05. The van der Waals surface area contributed by atoms with Gasteiger partial charge in [0.2, 0.25) is 0 Å². The molecule has 0 spiro atoms. The number of rotatable bonds is 6. The van der Waals surface area contributed by atoms with Crippen molar-refractivity contribution in [3.63, 3.8) is 0 Å². The fourth-order valence-corrected chi connectivity index (χ4v) is 2.21. The summed E-state index contributed by atoms with van der Waals surface area (Å²) in [6, 6.07) is 8.17. The summed E-state index contributed by atoms with van der Waals surface area (Å²) in [6.07, 6.45) is 3.98. The first-order valence-electron chi connectivity index (χ1n) is 6.69.